The highest BCUT2D eigenvalue weighted by atomic mass is 35.5. The third kappa shape index (κ3) is 4.09. The van der Waals surface area contributed by atoms with Crippen LogP contribution in [0, 0.1) is 0 Å². The Kier molecular flexibility index (Phi) is 4.60. The lowest BCUT2D eigenvalue weighted by Crippen LogP contribution is -2.21. The minimum absolute atomic E-state index is 0.224. The van der Waals surface area contributed by atoms with Crippen LogP contribution in [0.5, 0.6) is 5.75 Å². The Morgan fingerprint density at radius 1 is 1.04 bits per heavy atom. The summed E-state index contributed by atoms with van der Waals surface area (Å²) in [7, 11) is 0. The van der Waals surface area contributed by atoms with Gasteiger partial charge in [-0.05, 0) is 53.7 Å². The van der Waals surface area contributed by atoms with E-state index in [9.17, 15) is 4.79 Å². The molecule has 0 aromatic heterocycles. The van der Waals surface area contributed by atoms with Gasteiger partial charge >= 0.3 is 0 Å². The van der Waals surface area contributed by atoms with Gasteiger partial charge in [-0.1, -0.05) is 35.9 Å². The molecule has 2 aromatic rings. The SMILES string of the molecule is O=C1NC(=S)NC1=Cc1ccc(OCc2ccc(Cl)cc2)cc1. The van der Waals surface area contributed by atoms with Gasteiger partial charge in [0.1, 0.15) is 18.1 Å². The molecule has 23 heavy (non-hydrogen) atoms. The van der Waals surface area contributed by atoms with E-state index in [4.69, 9.17) is 28.6 Å². The lowest BCUT2D eigenvalue weighted by molar-refractivity contribution is -0.115. The summed E-state index contributed by atoms with van der Waals surface area (Å²) in [6.07, 6.45) is 1.73. The van der Waals surface area contributed by atoms with Gasteiger partial charge in [0.25, 0.3) is 5.91 Å². The number of hydrogen-bond acceptors (Lipinski definition) is 3. The van der Waals surface area contributed by atoms with Crippen LogP contribution in [0.25, 0.3) is 6.08 Å². The molecule has 0 atom stereocenters. The van der Waals surface area contributed by atoms with Crippen molar-refractivity contribution in [3.8, 4) is 5.75 Å². The molecule has 1 fully saturated rings. The molecule has 0 bridgehead atoms. The van der Waals surface area contributed by atoms with Crippen LogP contribution in [0.1, 0.15) is 11.1 Å². The smallest absolute Gasteiger partial charge is 0.273 e. The predicted octanol–water partition coefficient (Wildman–Crippen LogP) is 3.26. The van der Waals surface area contributed by atoms with E-state index in [0.29, 0.717) is 22.4 Å². The van der Waals surface area contributed by atoms with Crippen LogP contribution in [0.4, 0.5) is 0 Å². The Labute approximate surface area is 144 Å². The average Bonchev–Trinajstić information content (AvgIpc) is 2.86. The fraction of sp³-hybridized carbons (Fsp3) is 0.0588. The Morgan fingerprint density at radius 3 is 2.35 bits per heavy atom. The van der Waals surface area contributed by atoms with Crippen LogP contribution >= 0.6 is 23.8 Å². The molecule has 1 aliphatic rings. The van der Waals surface area contributed by atoms with E-state index in [2.05, 4.69) is 10.6 Å². The average molecular weight is 345 g/mol. The molecule has 1 saturated heterocycles. The molecule has 2 N–H and O–H groups in total. The van der Waals surface area contributed by atoms with Crippen LogP contribution in [0.2, 0.25) is 5.02 Å². The molecule has 3 rings (SSSR count). The van der Waals surface area contributed by atoms with Crippen LogP contribution in [0.15, 0.2) is 54.2 Å². The zero-order valence-electron chi connectivity index (χ0n) is 12.0. The predicted molar refractivity (Wildman–Crippen MR) is 94.1 cm³/mol. The van der Waals surface area contributed by atoms with Crippen LogP contribution < -0.4 is 15.4 Å². The largest absolute Gasteiger partial charge is 0.489 e. The van der Waals surface area contributed by atoms with Crippen molar-refractivity contribution < 1.29 is 9.53 Å². The van der Waals surface area contributed by atoms with E-state index in [1.807, 2.05) is 48.5 Å². The molecular formula is C17H13ClN2O2S. The molecule has 0 spiro atoms. The summed E-state index contributed by atoms with van der Waals surface area (Å²) >= 11 is 10.7. The molecule has 0 unspecified atom stereocenters. The van der Waals surface area contributed by atoms with Crippen molar-refractivity contribution in [1.82, 2.24) is 10.6 Å². The van der Waals surface area contributed by atoms with E-state index >= 15 is 0 Å². The first-order valence-corrected chi connectivity index (χ1v) is 7.70. The van der Waals surface area contributed by atoms with Gasteiger partial charge in [0.15, 0.2) is 5.11 Å². The van der Waals surface area contributed by atoms with E-state index in [-0.39, 0.29) is 5.91 Å². The molecule has 0 aliphatic carbocycles. The zero-order chi connectivity index (χ0) is 16.2. The number of thiocarbonyl (C=S) groups is 1. The van der Waals surface area contributed by atoms with Crippen molar-refractivity contribution in [2.45, 2.75) is 6.61 Å². The summed E-state index contributed by atoms with van der Waals surface area (Å²) in [5.41, 5.74) is 2.36. The van der Waals surface area contributed by atoms with Gasteiger partial charge in [-0.25, -0.2) is 0 Å². The highest BCUT2D eigenvalue weighted by Crippen LogP contribution is 2.17. The first kappa shape index (κ1) is 15.5. The van der Waals surface area contributed by atoms with Gasteiger partial charge in [-0.2, -0.15) is 0 Å². The quantitative estimate of drug-likeness (QED) is 0.660. The Balaban J connectivity index is 1.63. The van der Waals surface area contributed by atoms with Crippen molar-refractivity contribution in [2.24, 2.45) is 0 Å². The highest BCUT2D eigenvalue weighted by Gasteiger charge is 2.19. The fourth-order valence-electron chi connectivity index (χ4n) is 2.06. The number of nitrogens with one attached hydrogen (secondary N) is 2. The molecule has 1 heterocycles. The lowest BCUT2D eigenvalue weighted by atomic mass is 10.2. The number of rotatable bonds is 4. The van der Waals surface area contributed by atoms with Crippen molar-refractivity contribution >= 4 is 40.9 Å². The molecule has 4 nitrogen and oxygen atoms in total. The number of halogens is 1. The summed E-state index contributed by atoms with van der Waals surface area (Å²) in [6.45, 7) is 0.468. The molecule has 0 saturated carbocycles. The number of ether oxygens (including phenoxy) is 1. The molecule has 1 amide bonds. The third-order valence-electron chi connectivity index (χ3n) is 3.23. The second kappa shape index (κ2) is 6.81. The number of carbonyl (C=O) groups excluding carboxylic acids is 1. The van der Waals surface area contributed by atoms with E-state index in [1.165, 1.54) is 0 Å². The molecular weight excluding hydrogens is 332 g/mol. The zero-order valence-corrected chi connectivity index (χ0v) is 13.6. The van der Waals surface area contributed by atoms with Gasteiger partial charge in [-0.15, -0.1) is 0 Å². The normalized spacial score (nSPS) is 15.4. The standard InChI is InChI=1S/C17H13ClN2O2S/c18-13-5-1-12(2-6-13)10-22-14-7-3-11(4-8-14)9-15-16(21)20-17(23)19-15/h1-9H,10H2,(H2,19,20,21,23). The lowest BCUT2D eigenvalue weighted by Gasteiger charge is -2.07. The van der Waals surface area contributed by atoms with E-state index in [0.717, 1.165) is 16.9 Å². The van der Waals surface area contributed by atoms with Crippen molar-refractivity contribution in [3.05, 3.63) is 70.4 Å². The summed E-state index contributed by atoms with van der Waals surface area (Å²) in [5, 5.41) is 6.35. The highest BCUT2D eigenvalue weighted by molar-refractivity contribution is 7.80. The maximum atomic E-state index is 11.6. The fourth-order valence-corrected chi connectivity index (χ4v) is 2.39. The van der Waals surface area contributed by atoms with Gasteiger partial charge < -0.3 is 10.1 Å². The van der Waals surface area contributed by atoms with Gasteiger partial charge in [0, 0.05) is 5.02 Å². The number of amides is 1. The summed E-state index contributed by atoms with van der Waals surface area (Å²) in [4.78, 5) is 11.6. The first-order chi connectivity index (χ1) is 11.1. The van der Waals surface area contributed by atoms with Crippen molar-refractivity contribution in [3.63, 3.8) is 0 Å². The maximum absolute atomic E-state index is 11.6. The van der Waals surface area contributed by atoms with Crippen LogP contribution in [-0.2, 0) is 11.4 Å². The third-order valence-corrected chi connectivity index (χ3v) is 3.69. The van der Waals surface area contributed by atoms with Crippen LogP contribution in [-0.4, -0.2) is 11.0 Å². The summed E-state index contributed by atoms with van der Waals surface area (Å²) in [5.74, 6) is 0.527. The molecule has 1 aliphatic heterocycles. The molecule has 2 aromatic carbocycles. The van der Waals surface area contributed by atoms with Gasteiger partial charge in [-0.3, -0.25) is 10.1 Å². The first-order valence-electron chi connectivity index (χ1n) is 6.91. The topological polar surface area (TPSA) is 50.4 Å². The second-order valence-corrected chi connectivity index (χ2v) is 5.80. The number of hydrogen-bond donors (Lipinski definition) is 2. The minimum Gasteiger partial charge on any atom is -0.489 e. The molecule has 116 valence electrons. The summed E-state index contributed by atoms with van der Waals surface area (Å²) in [6, 6.07) is 15.0. The van der Waals surface area contributed by atoms with E-state index < -0.39 is 0 Å². The Hall–Kier alpha value is -2.37. The molecule has 6 heteroatoms. The van der Waals surface area contributed by atoms with E-state index in [1.54, 1.807) is 6.08 Å². The summed E-state index contributed by atoms with van der Waals surface area (Å²) < 4.78 is 5.72. The Bertz CT molecular complexity index is 770. The van der Waals surface area contributed by atoms with Crippen molar-refractivity contribution in [1.29, 1.82) is 0 Å². The molecule has 0 radical (unpaired) electrons. The van der Waals surface area contributed by atoms with Gasteiger partial charge in [0.05, 0.1) is 0 Å². The van der Waals surface area contributed by atoms with Gasteiger partial charge in [0.2, 0.25) is 0 Å². The Morgan fingerprint density at radius 2 is 1.74 bits per heavy atom. The maximum Gasteiger partial charge on any atom is 0.273 e. The van der Waals surface area contributed by atoms with Crippen molar-refractivity contribution in [2.75, 3.05) is 0 Å². The monoisotopic (exact) mass is 344 g/mol. The number of benzene rings is 2. The number of carbonyl (C=O) groups is 1. The van der Waals surface area contributed by atoms with Crippen LogP contribution in [0.3, 0.4) is 0 Å². The second-order valence-electron chi connectivity index (χ2n) is 4.95. The minimum atomic E-state index is -0.224.